The van der Waals surface area contributed by atoms with Crippen molar-refractivity contribution >= 4 is 11.7 Å². The molecule has 3 nitrogen and oxygen atoms in total. The first kappa shape index (κ1) is 9.06. The van der Waals surface area contributed by atoms with Gasteiger partial charge in [-0.1, -0.05) is 18.2 Å². The number of nitrogens with zero attached hydrogens (tertiary/aromatic N) is 1. The molecule has 3 heteroatoms. The second-order valence-electron chi connectivity index (χ2n) is 3.51. The van der Waals surface area contributed by atoms with E-state index in [0.29, 0.717) is 6.42 Å². The van der Waals surface area contributed by atoms with Crippen LogP contribution in [0.5, 0.6) is 0 Å². The summed E-state index contributed by atoms with van der Waals surface area (Å²) in [6, 6.07) is 9.17. The van der Waals surface area contributed by atoms with Crippen molar-refractivity contribution in [3.8, 4) is 0 Å². The van der Waals surface area contributed by atoms with Gasteiger partial charge in [0, 0.05) is 12.2 Å². The SMILES string of the molecule is O=C([O-])C1CCCN1c1ccccc1. The quantitative estimate of drug-likeness (QED) is 0.678. The van der Waals surface area contributed by atoms with E-state index in [4.69, 9.17) is 0 Å². The second kappa shape index (κ2) is 3.70. The number of benzene rings is 1. The minimum absolute atomic E-state index is 0.447. The first-order valence-electron chi connectivity index (χ1n) is 4.81. The van der Waals surface area contributed by atoms with E-state index in [2.05, 4.69) is 0 Å². The normalized spacial score (nSPS) is 21.1. The monoisotopic (exact) mass is 190 g/mol. The Morgan fingerprint density at radius 3 is 2.71 bits per heavy atom. The van der Waals surface area contributed by atoms with E-state index in [-0.39, 0.29) is 0 Å². The Balaban J connectivity index is 2.22. The number of anilines is 1. The fourth-order valence-electron chi connectivity index (χ4n) is 1.94. The lowest BCUT2D eigenvalue weighted by molar-refractivity contribution is -0.307. The molecule has 74 valence electrons. The molecule has 1 unspecified atom stereocenters. The van der Waals surface area contributed by atoms with Crippen LogP contribution in [0, 0.1) is 0 Å². The third-order valence-electron chi connectivity index (χ3n) is 2.61. The van der Waals surface area contributed by atoms with Crippen molar-refractivity contribution in [3.63, 3.8) is 0 Å². The summed E-state index contributed by atoms with van der Waals surface area (Å²) in [5, 5.41) is 10.8. The van der Waals surface area contributed by atoms with Gasteiger partial charge in [-0.15, -0.1) is 0 Å². The molecule has 1 aromatic carbocycles. The van der Waals surface area contributed by atoms with Crippen molar-refractivity contribution in [2.45, 2.75) is 18.9 Å². The highest BCUT2D eigenvalue weighted by Gasteiger charge is 2.25. The van der Waals surface area contributed by atoms with Crippen LogP contribution in [0.4, 0.5) is 5.69 Å². The molecule has 1 fully saturated rings. The van der Waals surface area contributed by atoms with Gasteiger partial charge in [0.2, 0.25) is 0 Å². The molecule has 1 heterocycles. The smallest absolute Gasteiger partial charge is 0.0687 e. The second-order valence-corrected chi connectivity index (χ2v) is 3.51. The molecule has 0 saturated carbocycles. The highest BCUT2D eigenvalue weighted by molar-refractivity contribution is 5.77. The highest BCUT2D eigenvalue weighted by atomic mass is 16.4. The molecular weight excluding hydrogens is 178 g/mol. The average molecular weight is 190 g/mol. The number of rotatable bonds is 2. The fraction of sp³-hybridized carbons (Fsp3) is 0.364. The fourth-order valence-corrected chi connectivity index (χ4v) is 1.94. The predicted molar refractivity (Wildman–Crippen MR) is 51.8 cm³/mol. The highest BCUT2D eigenvalue weighted by Crippen LogP contribution is 2.24. The minimum atomic E-state index is -0.966. The first-order valence-corrected chi connectivity index (χ1v) is 4.81. The summed E-state index contributed by atoms with van der Waals surface area (Å²) in [7, 11) is 0. The molecule has 0 radical (unpaired) electrons. The summed E-state index contributed by atoms with van der Waals surface area (Å²) in [6.45, 7) is 0.808. The molecule has 14 heavy (non-hydrogen) atoms. The molecule has 0 aromatic heterocycles. The lowest BCUT2D eigenvalue weighted by Gasteiger charge is -2.27. The molecule has 0 bridgehead atoms. The van der Waals surface area contributed by atoms with E-state index in [1.807, 2.05) is 35.2 Å². The Bertz CT molecular complexity index is 323. The molecule has 0 N–H and O–H groups in total. The van der Waals surface area contributed by atoms with E-state index in [9.17, 15) is 9.90 Å². The zero-order valence-corrected chi connectivity index (χ0v) is 7.85. The van der Waals surface area contributed by atoms with Crippen LogP contribution in [-0.4, -0.2) is 18.6 Å². The number of aliphatic carboxylic acids is 1. The number of carboxylic acids is 1. The largest absolute Gasteiger partial charge is 0.548 e. The average Bonchev–Trinajstić information content (AvgIpc) is 2.67. The van der Waals surface area contributed by atoms with Gasteiger partial charge in [-0.25, -0.2) is 0 Å². The molecule has 1 aromatic rings. The Kier molecular flexibility index (Phi) is 2.39. The zero-order valence-electron chi connectivity index (χ0n) is 7.85. The molecule has 0 spiro atoms. The van der Waals surface area contributed by atoms with Crippen LogP contribution in [-0.2, 0) is 4.79 Å². The Hall–Kier alpha value is -1.51. The maximum atomic E-state index is 10.8. The van der Waals surface area contributed by atoms with E-state index >= 15 is 0 Å². The predicted octanol–water partition coefficient (Wildman–Crippen LogP) is 0.405. The van der Waals surface area contributed by atoms with Crippen LogP contribution in [0.3, 0.4) is 0 Å². The Morgan fingerprint density at radius 1 is 1.36 bits per heavy atom. The van der Waals surface area contributed by atoms with Crippen LogP contribution in [0.25, 0.3) is 0 Å². The zero-order chi connectivity index (χ0) is 9.97. The van der Waals surface area contributed by atoms with Crippen molar-refractivity contribution in [3.05, 3.63) is 30.3 Å². The maximum absolute atomic E-state index is 10.8. The van der Waals surface area contributed by atoms with Crippen molar-refractivity contribution in [2.24, 2.45) is 0 Å². The molecule has 1 atom stereocenters. The van der Waals surface area contributed by atoms with Crippen molar-refractivity contribution in [2.75, 3.05) is 11.4 Å². The van der Waals surface area contributed by atoms with Gasteiger partial charge in [0.25, 0.3) is 0 Å². The summed E-state index contributed by atoms with van der Waals surface area (Å²) >= 11 is 0. The first-order chi connectivity index (χ1) is 6.79. The van der Waals surface area contributed by atoms with Gasteiger partial charge in [0.15, 0.2) is 0 Å². The number of carboxylic acid groups (broad SMARTS) is 1. The molecule has 1 aliphatic rings. The number of carbonyl (C=O) groups is 1. The number of hydrogen-bond donors (Lipinski definition) is 0. The van der Waals surface area contributed by atoms with Crippen LogP contribution in [0.1, 0.15) is 12.8 Å². The summed E-state index contributed by atoms with van der Waals surface area (Å²) in [5.74, 6) is -0.966. The van der Waals surface area contributed by atoms with E-state index in [1.165, 1.54) is 0 Å². The Labute approximate surface area is 83.0 Å². The summed E-state index contributed by atoms with van der Waals surface area (Å²) in [5.41, 5.74) is 0.971. The topological polar surface area (TPSA) is 43.4 Å². The Morgan fingerprint density at radius 2 is 2.07 bits per heavy atom. The van der Waals surface area contributed by atoms with Gasteiger partial charge in [-0.05, 0) is 25.0 Å². The summed E-state index contributed by atoms with van der Waals surface area (Å²) < 4.78 is 0. The van der Waals surface area contributed by atoms with Crippen molar-refractivity contribution in [1.82, 2.24) is 0 Å². The van der Waals surface area contributed by atoms with E-state index in [1.54, 1.807) is 0 Å². The lowest BCUT2D eigenvalue weighted by Crippen LogP contribution is -2.44. The summed E-state index contributed by atoms with van der Waals surface area (Å²) in [4.78, 5) is 12.7. The van der Waals surface area contributed by atoms with Gasteiger partial charge in [-0.2, -0.15) is 0 Å². The van der Waals surface area contributed by atoms with Gasteiger partial charge in [-0.3, -0.25) is 0 Å². The van der Waals surface area contributed by atoms with Crippen LogP contribution >= 0.6 is 0 Å². The number of carbonyl (C=O) groups excluding carboxylic acids is 1. The van der Waals surface area contributed by atoms with Crippen molar-refractivity contribution in [1.29, 1.82) is 0 Å². The number of para-hydroxylation sites is 1. The van der Waals surface area contributed by atoms with Crippen LogP contribution in [0.2, 0.25) is 0 Å². The standard InChI is InChI=1S/C11H13NO2/c13-11(14)10-7-4-8-12(10)9-5-2-1-3-6-9/h1-3,5-6,10H,4,7-8H2,(H,13,14)/p-1. The molecule has 1 saturated heterocycles. The molecule has 0 aliphatic carbocycles. The van der Waals surface area contributed by atoms with Gasteiger partial charge in [0.1, 0.15) is 0 Å². The van der Waals surface area contributed by atoms with Gasteiger partial charge < -0.3 is 14.8 Å². The number of hydrogen-bond acceptors (Lipinski definition) is 3. The molecule has 2 rings (SSSR count). The van der Waals surface area contributed by atoms with Gasteiger partial charge in [0.05, 0.1) is 12.0 Å². The van der Waals surface area contributed by atoms with E-state index in [0.717, 1.165) is 18.7 Å². The third-order valence-corrected chi connectivity index (χ3v) is 2.61. The lowest BCUT2D eigenvalue weighted by atomic mass is 10.2. The maximum Gasteiger partial charge on any atom is 0.0687 e. The molecule has 0 amide bonds. The van der Waals surface area contributed by atoms with Gasteiger partial charge >= 0.3 is 0 Å². The minimum Gasteiger partial charge on any atom is -0.548 e. The third kappa shape index (κ3) is 1.58. The van der Waals surface area contributed by atoms with Crippen molar-refractivity contribution < 1.29 is 9.90 Å². The van der Waals surface area contributed by atoms with Crippen LogP contribution < -0.4 is 10.0 Å². The molecule has 1 aliphatic heterocycles. The van der Waals surface area contributed by atoms with E-state index < -0.39 is 12.0 Å². The van der Waals surface area contributed by atoms with Crippen LogP contribution in [0.15, 0.2) is 30.3 Å². The summed E-state index contributed by atoms with van der Waals surface area (Å²) in [6.07, 6.45) is 1.62. The molecular formula is C11H12NO2-.